The lowest BCUT2D eigenvalue weighted by molar-refractivity contribution is 0.241. The van der Waals surface area contributed by atoms with Gasteiger partial charge >= 0.3 is 0 Å². The van der Waals surface area contributed by atoms with E-state index in [1.807, 2.05) is 0 Å². The SMILES string of the molecule is CCCCCCCCCCNC(C)(C)CC(C)(C)C. The van der Waals surface area contributed by atoms with Gasteiger partial charge in [0.25, 0.3) is 0 Å². The molecule has 1 N–H and O–H groups in total. The van der Waals surface area contributed by atoms with Crippen molar-refractivity contribution in [1.29, 1.82) is 0 Å². The highest BCUT2D eigenvalue weighted by Crippen LogP contribution is 2.26. The van der Waals surface area contributed by atoms with Gasteiger partial charge in [-0.15, -0.1) is 0 Å². The van der Waals surface area contributed by atoms with Crippen molar-refractivity contribution < 1.29 is 0 Å². The summed E-state index contributed by atoms with van der Waals surface area (Å²) in [6.07, 6.45) is 12.5. The lowest BCUT2D eigenvalue weighted by Gasteiger charge is -2.33. The molecule has 0 amide bonds. The first kappa shape index (κ1) is 19.0. The zero-order valence-electron chi connectivity index (χ0n) is 14.6. The highest BCUT2D eigenvalue weighted by Gasteiger charge is 2.24. The van der Waals surface area contributed by atoms with Crippen molar-refractivity contribution in [3.8, 4) is 0 Å². The molecular weight excluding hydrogens is 230 g/mol. The Balaban J connectivity index is 3.43. The van der Waals surface area contributed by atoms with Crippen molar-refractivity contribution in [2.24, 2.45) is 5.41 Å². The molecule has 0 saturated carbocycles. The molecule has 0 saturated heterocycles. The minimum atomic E-state index is 0.277. The van der Waals surface area contributed by atoms with E-state index in [1.165, 1.54) is 64.3 Å². The normalized spacial score (nSPS) is 12.9. The van der Waals surface area contributed by atoms with Crippen LogP contribution in [0.4, 0.5) is 0 Å². The molecule has 0 unspecified atom stereocenters. The average Bonchev–Trinajstić information content (AvgIpc) is 2.23. The van der Waals surface area contributed by atoms with Crippen LogP contribution in [0, 0.1) is 5.41 Å². The van der Waals surface area contributed by atoms with Crippen LogP contribution in [0.25, 0.3) is 0 Å². The monoisotopic (exact) mass is 269 g/mol. The smallest absolute Gasteiger partial charge is 0.0130 e. The number of hydrogen-bond acceptors (Lipinski definition) is 1. The molecule has 1 nitrogen and oxygen atoms in total. The first-order chi connectivity index (χ1) is 8.77. The van der Waals surface area contributed by atoms with Gasteiger partial charge in [0.2, 0.25) is 0 Å². The summed E-state index contributed by atoms with van der Waals surface area (Å²) in [5.74, 6) is 0. The molecule has 0 radical (unpaired) electrons. The third-order valence-corrected chi connectivity index (χ3v) is 3.61. The molecule has 0 atom stereocenters. The molecule has 0 heterocycles. The fourth-order valence-electron chi connectivity index (χ4n) is 3.07. The minimum Gasteiger partial charge on any atom is -0.312 e. The van der Waals surface area contributed by atoms with Gasteiger partial charge in [0.05, 0.1) is 0 Å². The molecule has 116 valence electrons. The fourth-order valence-corrected chi connectivity index (χ4v) is 3.07. The summed E-state index contributed by atoms with van der Waals surface area (Å²) in [7, 11) is 0. The van der Waals surface area contributed by atoms with Crippen LogP contribution in [0.3, 0.4) is 0 Å². The molecule has 0 aliphatic rings. The third kappa shape index (κ3) is 14.2. The highest BCUT2D eigenvalue weighted by molar-refractivity contribution is 4.82. The topological polar surface area (TPSA) is 12.0 Å². The summed E-state index contributed by atoms with van der Waals surface area (Å²) in [4.78, 5) is 0. The summed E-state index contributed by atoms with van der Waals surface area (Å²) in [6, 6.07) is 0. The van der Waals surface area contributed by atoms with Crippen LogP contribution in [0.15, 0.2) is 0 Å². The summed E-state index contributed by atoms with van der Waals surface area (Å²) in [6.45, 7) is 15.1. The Morgan fingerprint density at radius 2 is 1.16 bits per heavy atom. The Morgan fingerprint density at radius 1 is 0.684 bits per heavy atom. The van der Waals surface area contributed by atoms with Gasteiger partial charge in [0.15, 0.2) is 0 Å². The van der Waals surface area contributed by atoms with Crippen LogP contribution in [0.1, 0.15) is 99.3 Å². The molecule has 0 aromatic carbocycles. The van der Waals surface area contributed by atoms with Gasteiger partial charge in [0.1, 0.15) is 0 Å². The predicted molar refractivity (Wildman–Crippen MR) is 88.8 cm³/mol. The van der Waals surface area contributed by atoms with E-state index in [1.54, 1.807) is 0 Å². The molecule has 1 heteroatoms. The van der Waals surface area contributed by atoms with E-state index in [0.29, 0.717) is 5.41 Å². The fraction of sp³-hybridized carbons (Fsp3) is 1.00. The molecule has 0 aromatic rings. The van der Waals surface area contributed by atoms with Crippen LogP contribution in [0.5, 0.6) is 0 Å². The first-order valence-electron chi connectivity index (χ1n) is 8.52. The quantitative estimate of drug-likeness (QED) is 0.458. The van der Waals surface area contributed by atoms with E-state index < -0.39 is 0 Å². The standard InChI is InChI=1S/C18H39N/c1-7-8-9-10-11-12-13-14-15-19-18(5,6)16-17(2,3)4/h19H,7-16H2,1-6H3. The van der Waals surface area contributed by atoms with Crippen molar-refractivity contribution in [3.63, 3.8) is 0 Å². The van der Waals surface area contributed by atoms with E-state index in [9.17, 15) is 0 Å². The third-order valence-electron chi connectivity index (χ3n) is 3.61. The maximum Gasteiger partial charge on any atom is 0.0130 e. The maximum absolute atomic E-state index is 3.73. The molecule has 0 rings (SSSR count). The predicted octanol–water partition coefficient (Wildman–Crippen LogP) is 5.93. The number of hydrogen-bond donors (Lipinski definition) is 1. The zero-order chi connectivity index (χ0) is 14.8. The lowest BCUT2D eigenvalue weighted by Crippen LogP contribution is -2.42. The second-order valence-corrected chi connectivity index (χ2v) is 8.02. The van der Waals surface area contributed by atoms with Gasteiger partial charge in [-0.1, -0.05) is 72.6 Å². The van der Waals surface area contributed by atoms with E-state index in [4.69, 9.17) is 0 Å². The summed E-state index contributed by atoms with van der Waals surface area (Å²) in [5.41, 5.74) is 0.690. The van der Waals surface area contributed by atoms with Gasteiger partial charge in [-0.05, 0) is 38.6 Å². The second kappa shape index (κ2) is 9.80. The van der Waals surface area contributed by atoms with Crippen molar-refractivity contribution in [1.82, 2.24) is 5.32 Å². The van der Waals surface area contributed by atoms with Gasteiger partial charge in [0, 0.05) is 5.54 Å². The Labute approximate surface area is 122 Å². The van der Waals surface area contributed by atoms with Crippen LogP contribution in [-0.2, 0) is 0 Å². The van der Waals surface area contributed by atoms with Gasteiger partial charge < -0.3 is 5.32 Å². The molecule has 0 aromatic heterocycles. The van der Waals surface area contributed by atoms with Gasteiger partial charge in [-0.25, -0.2) is 0 Å². The second-order valence-electron chi connectivity index (χ2n) is 8.02. The van der Waals surface area contributed by atoms with E-state index >= 15 is 0 Å². The molecule has 0 aliphatic carbocycles. The van der Waals surface area contributed by atoms with Gasteiger partial charge in [-0.2, -0.15) is 0 Å². The summed E-state index contributed by atoms with van der Waals surface area (Å²) in [5, 5.41) is 3.73. The minimum absolute atomic E-state index is 0.277. The number of rotatable bonds is 11. The molecule has 19 heavy (non-hydrogen) atoms. The molecule has 0 spiro atoms. The molecule has 0 aliphatic heterocycles. The first-order valence-corrected chi connectivity index (χ1v) is 8.52. The summed E-state index contributed by atoms with van der Waals surface area (Å²) < 4.78 is 0. The average molecular weight is 270 g/mol. The van der Waals surface area contributed by atoms with Gasteiger partial charge in [-0.3, -0.25) is 0 Å². The maximum atomic E-state index is 3.73. The van der Waals surface area contributed by atoms with Crippen molar-refractivity contribution in [2.45, 2.75) is 105 Å². The number of nitrogens with one attached hydrogen (secondary N) is 1. The zero-order valence-corrected chi connectivity index (χ0v) is 14.6. The summed E-state index contributed by atoms with van der Waals surface area (Å²) >= 11 is 0. The molecular formula is C18H39N. The lowest BCUT2D eigenvalue weighted by atomic mass is 9.82. The Bertz CT molecular complexity index is 200. The molecule has 0 fully saturated rings. The van der Waals surface area contributed by atoms with Crippen molar-refractivity contribution in [2.75, 3.05) is 6.54 Å². The van der Waals surface area contributed by atoms with Crippen LogP contribution >= 0.6 is 0 Å². The Hall–Kier alpha value is -0.0400. The van der Waals surface area contributed by atoms with E-state index in [0.717, 1.165) is 0 Å². The highest BCUT2D eigenvalue weighted by atomic mass is 14.9. The Morgan fingerprint density at radius 3 is 1.63 bits per heavy atom. The number of unbranched alkanes of at least 4 members (excludes halogenated alkanes) is 7. The van der Waals surface area contributed by atoms with Crippen LogP contribution in [0.2, 0.25) is 0 Å². The van der Waals surface area contributed by atoms with Crippen molar-refractivity contribution in [3.05, 3.63) is 0 Å². The van der Waals surface area contributed by atoms with Crippen molar-refractivity contribution >= 4 is 0 Å². The van der Waals surface area contributed by atoms with Crippen LogP contribution in [-0.4, -0.2) is 12.1 Å². The largest absolute Gasteiger partial charge is 0.312 e. The Kier molecular flexibility index (Phi) is 9.78. The van der Waals surface area contributed by atoms with E-state index in [2.05, 4.69) is 46.9 Å². The van der Waals surface area contributed by atoms with E-state index in [-0.39, 0.29) is 5.54 Å². The van der Waals surface area contributed by atoms with Crippen LogP contribution < -0.4 is 5.32 Å². The molecule has 0 bridgehead atoms.